The second-order valence-electron chi connectivity index (χ2n) is 5.10. The van der Waals surface area contributed by atoms with Crippen molar-refractivity contribution in [2.45, 2.75) is 78.1 Å². The molecule has 0 bridgehead atoms. The van der Waals surface area contributed by atoms with Crippen molar-refractivity contribution in [3.8, 4) is 0 Å². The van der Waals surface area contributed by atoms with E-state index in [-0.39, 0.29) is 12.6 Å². The Bertz CT molecular complexity index is 192. The fourth-order valence-corrected chi connectivity index (χ4v) is 1.90. The summed E-state index contributed by atoms with van der Waals surface area (Å²) >= 11 is 0. The van der Waals surface area contributed by atoms with Gasteiger partial charge in [-0.25, -0.2) is 4.79 Å². The maximum Gasteiger partial charge on any atom is 0.332 e. The minimum Gasteiger partial charge on any atom is -0.464 e. The molecule has 0 heterocycles. The normalized spacial score (nSPS) is 10.6. The molecule has 0 aliphatic rings. The molecule has 0 saturated carbocycles. The monoisotopic (exact) mass is 272 g/mol. The van der Waals surface area contributed by atoms with Gasteiger partial charge in [0, 0.05) is 6.61 Å². The molecule has 0 N–H and O–H groups in total. The Morgan fingerprint density at radius 2 is 1.26 bits per heavy atom. The molecule has 0 fully saturated rings. The Kier molecular flexibility index (Phi) is 15.0. The average molecular weight is 272 g/mol. The van der Waals surface area contributed by atoms with Gasteiger partial charge >= 0.3 is 5.97 Å². The zero-order valence-electron chi connectivity index (χ0n) is 12.9. The van der Waals surface area contributed by atoms with Crippen LogP contribution in [0, 0.1) is 0 Å². The van der Waals surface area contributed by atoms with E-state index >= 15 is 0 Å². The van der Waals surface area contributed by atoms with E-state index in [0.29, 0.717) is 13.2 Å². The van der Waals surface area contributed by atoms with Gasteiger partial charge in [0.1, 0.15) is 6.61 Å². The Morgan fingerprint density at radius 1 is 0.737 bits per heavy atom. The fraction of sp³-hybridized carbons (Fsp3) is 0.938. The largest absolute Gasteiger partial charge is 0.464 e. The molecule has 3 heteroatoms. The highest BCUT2D eigenvalue weighted by Gasteiger charge is 2.02. The molecule has 0 radical (unpaired) electrons. The van der Waals surface area contributed by atoms with Crippen molar-refractivity contribution in [3.05, 3.63) is 0 Å². The van der Waals surface area contributed by atoms with Crippen molar-refractivity contribution in [2.24, 2.45) is 0 Å². The number of hydrogen-bond donors (Lipinski definition) is 0. The summed E-state index contributed by atoms with van der Waals surface area (Å²) in [5.41, 5.74) is 0. The summed E-state index contributed by atoms with van der Waals surface area (Å²) in [6.07, 6.45) is 12.0. The molecular formula is C16H32O3. The average Bonchev–Trinajstić information content (AvgIpc) is 2.41. The van der Waals surface area contributed by atoms with Crippen LogP contribution in [0.4, 0.5) is 0 Å². The molecule has 0 unspecified atom stereocenters. The summed E-state index contributed by atoms with van der Waals surface area (Å²) in [5, 5.41) is 0. The molecule has 114 valence electrons. The number of carbonyl (C=O) groups is 1. The molecule has 0 aromatic rings. The van der Waals surface area contributed by atoms with Crippen molar-refractivity contribution >= 4 is 5.97 Å². The zero-order valence-corrected chi connectivity index (χ0v) is 12.9. The maximum atomic E-state index is 11.3. The van der Waals surface area contributed by atoms with E-state index in [1.165, 1.54) is 44.9 Å². The lowest BCUT2D eigenvalue weighted by molar-refractivity contribution is -0.149. The number of esters is 1. The van der Waals surface area contributed by atoms with Crippen LogP contribution in [0.15, 0.2) is 0 Å². The van der Waals surface area contributed by atoms with Crippen LogP contribution in [0.1, 0.15) is 78.1 Å². The highest BCUT2D eigenvalue weighted by molar-refractivity contribution is 5.70. The van der Waals surface area contributed by atoms with Gasteiger partial charge < -0.3 is 9.47 Å². The summed E-state index contributed by atoms with van der Waals surface area (Å²) in [5.74, 6) is -0.218. The quantitative estimate of drug-likeness (QED) is 0.345. The van der Waals surface area contributed by atoms with Crippen molar-refractivity contribution in [1.29, 1.82) is 0 Å². The first-order chi connectivity index (χ1) is 9.31. The van der Waals surface area contributed by atoms with Gasteiger partial charge in [0.15, 0.2) is 0 Å². The first-order valence-corrected chi connectivity index (χ1v) is 8.04. The molecular weight excluding hydrogens is 240 g/mol. The van der Waals surface area contributed by atoms with E-state index in [4.69, 9.17) is 9.47 Å². The van der Waals surface area contributed by atoms with Gasteiger partial charge in [-0.1, -0.05) is 65.2 Å². The van der Waals surface area contributed by atoms with E-state index in [1.807, 2.05) is 0 Å². The SMILES string of the molecule is CCCCCCCCOC(=O)COCCCCCC. The van der Waals surface area contributed by atoms with Crippen molar-refractivity contribution in [1.82, 2.24) is 0 Å². The predicted molar refractivity (Wildman–Crippen MR) is 79.3 cm³/mol. The van der Waals surface area contributed by atoms with Gasteiger partial charge in [-0.3, -0.25) is 0 Å². The van der Waals surface area contributed by atoms with E-state index in [2.05, 4.69) is 13.8 Å². The van der Waals surface area contributed by atoms with Crippen LogP contribution in [0.25, 0.3) is 0 Å². The lowest BCUT2D eigenvalue weighted by atomic mass is 10.1. The van der Waals surface area contributed by atoms with Gasteiger partial charge in [-0.2, -0.15) is 0 Å². The number of unbranched alkanes of at least 4 members (excludes halogenated alkanes) is 8. The van der Waals surface area contributed by atoms with Crippen LogP contribution in [-0.4, -0.2) is 25.8 Å². The number of ether oxygens (including phenoxy) is 2. The molecule has 0 aromatic heterocycles. The second-order valence-corrected chi connectivity index (χ2v) is 5.10. The Balaban J connectivity index is 3.13. The second kappa shape index (κ2) is 15.5. The highest BCUT2D eigenvalue weighted by Crippen LogP contribution is 2.05. The van der Waals surface area contributed by atoms with E-state index in [1.54, 1.807) is 0 Å². The number of rotatable bonds is 14. The van der Waals surface area contributed by atoms with Crippen LogP contribution >= 0.6 is 0 Å². The first-order valence-electron chi connectivity index (χ1n) is 8.04. The summed E-state index contributed by atoms with van der Waals surface area (Å²) in [6, 6.07) is 0. The van der Waals surface area contributed by atoms with Gasteiger partial charge in [0.2, 0.25) is 0 Å². The third kappa shape index (κ3) is 15.4. The zero-order chi connectivity index (χ0) is 14.2. The van der Waals surface area contributed by atoms with Crippen molar-refractivity contribution < 1.29 is 14.3 Å². The van der Waals surface area contributed by atoms with E-state index < -0.39 is 0 Å². The smallest absolute Gasteiger partial charge is 0.332 e. The highest BCUT2D eigenvalue weighted by atomic mass is 16.6. The third-order valence-electron chi connectivity index (χ3n) is 3.12. The topological polar surface area (TPSA) is 35.5 Å². The molecule has 0 saturated heterocycles. The van der Waals surface area contributed by atoms with Crippen LogP contribution in [0.5, 0.6) is 0 Å². The summed E-state index contributed by atoms with van der Waals surface area (Å²) in [4.78, 5) is 11.3. The van der Waals surface area contributed by atoms with Crippen molar-refractivity contribution in [2.75, 3.05) is 19.8 Å². The molecule has 0 spiro atoms. The minimum atomic E-state index is -0.218. The van der Waals surface area contributed by atoms with Gasteiger partial charge in [-0.05, 0) is 12.8 Å². The Labute approximate surface area is 119 Å². The van der Waals surface area contributed by atoms with Gasteiger partial charge in [0.05, 0.1) is 6.61 Å². The molecule has 0 amide bonds. The van der Waals surface area contributed by atoms with Crippen LogP contribution in [0.3, 0.4) is 0 Å². The Hall–Kier alpha value is -0.570. The standard InChI is InChI=1S/C16H32O3/c1-3-5-7-9-10-12-14-19-16(17)15-18-13-11-8-6-4-2/h3-15H2,1-2H3. The summed E-state index contributed by atoms with van der Waals surface area (Å²) in [6.45, 7) is 5.72. The van der Waals surface area contributed by atoms with Crippen LogP contribution < -0.4 is 0 Å². The molecule has 0 atom stereocenters. The molecule has 0 aromatic carbocycles. The van der Waals surface area contributed by atoms with Crippen LogP contribution in [-0.2, 0) is 14.3 Å². The first kappa shape index (κ1) is 18.4. The summed E-state index contributed by atoms with van der Waals surface area (Å²) < 4.78 is 10.4. The maximum absolute atomic E-state index is 11.3. The molecule has 3 nitrogen and oxygen atoms in total. The predicted octanol–water partition coefficient (Wildman–Crippen LogP) is 4.49. The molecule has 19 heavy (non-hydrogen) atoms. The lowest BCUT2D eigenvalue weighted by Crippen LogP contribution is -2.14. The fourth-order valence-electron chi connectivity index (χ4n) is 1.90. The third-order valence-corrected chi connectivity index (χ3v) is 3.12. The summed E-state index contributed by atoms with van der Waals surface area (Å²) in [7, 11) is 0. The van der Waals surface area contributed by atoms with Crippen LogP contribution in [0.2, 0.25) is 0 Å². The molecule has 0 rings (SSSR count). The Morgan fingerprint density at radius 3 is 1.95 bits per heavy atom. The van der Waals surface area contributed by atoms with Crippen molar-refractivity contribution in [3.63, 3.8) is 0 Å². The minimum absolute atomic E-state index is 0.113. The van der Waals surface area contributed by atoms with E-state index in [9.17, 15) is 4.79 Å². The van der Waals surface area contributed by atoms with Gasteiger partial charge in [0.25, 0.3) is 0 Å². The molecule has 0 aliphatic heterocycles. The van der Waals surface area contributed by atoms with E-state index in [0.717, 1.165) is 19.3 Å². The lowest BCUT2D eigenvalue weighted by Gasteiger charge is -2.06. The number of carbonyl (C=O) groups excluding carboxylic acids is 1. The number of hydrogen-bond acceptors (Lipinski definition) is 3. The van der Waals surface area contributed by atoms with Gasteiger partial charge in [-0.15, -0.1) is 0 Å². The molecule has 0 aliphatic carbocycles.